The minimum absolute atomic E-state index is 0.0888. The standard InChI is InChI=1S/C24H27N5O3/c1-15-8-6-12-28-19(16(2)26-23(15)28)21(30)18-20(17-9-5-10-25-14-17)29(24(32)22(18)31)13-7-11-27(3)4/h5-6,8-10,12,14,20H,7,11,13H2,1-4H3,(H,30,31)/p+1. The van der Waals surface area contributed by atoms with Crippen molar-refractivity contribution in [2.24, 2.45) is 0 Å². The number of imidazole rings is 1. The van der Waals surface area contributed by atoms with Crippen molar-refractivity contribution >= 4 is 23.1 Å². The van der Waals surface area contributed by atoms with E-state index in [1.807, 2.05) is 61.6 Å². The monoisotopic (exact) mass is 434 g/mol. The number of amides is 1. The number of hydrogen-bond acceptors (Lipinski definition) is 5. The number of carbonyl (C=O) groups is 2. The molecular weight excluding hydrogens is 406 g/mol. The molecule has 1 atom stereocenters. The van der Waals surface area contributed by atoms with Crippen molar-refractivity contribution in [1.29, 1.82) is 0 Å². The molecule has 2 N–H and O–H groups in total. The van der Waals surface area contributed by atoms with E-state index in [-0.39, 0.29) is 11.3 Å². The van der Waals surface area contributed by atoms with Gasteiger partial charge in [0.25, 0.3) is 17.3 Å². The number of Topliss-reactive ketones (excluding diaryl/α,β-unsaturated/α-hetero) is 1. The summed E-state index contributed by atoms with van der Waals surface area (Å²) in [5.41, 5.74) is 3.79. The van der Waals surface area contributed by atoms with Gasteiger partial charge in [0.05, 0.1) is 17.8 Å². The molecule has 1 saturated heterocycles. The molecular formula is C24H28N5O3+. The lowest BCUT2D eigenvalue weighted by Crippen LogP contribution is -2.32. The minimum atomic E-state index is -0.694. The molecule has 0 radical (unpaired) electrons. The van der Waals surface area contributed by atoms with Gasteiger partial charge in [-0.2, -0.15) is 4.40 Å². The fraction of sp³-hybridized carbons (Fsp3) is 0.333. The summed E-state index contributed by atoms with van der Waals surface area (Å²) < 4.78 is 1.82. The Morgan fingerprint density at radius 1 is 1.25 bits per heavy atom. The van der Waals surface area contributed by atoms with Crippen molar-refractivity contribution in [3.63, 3.8) is 0 Å². The number of aromatic amines is 1. The number of nitrogens with one attached hydrogen (secondary N) is 1. The van der Waals surface area contributed by atoms with Gasteiger partial charge in [-0.1, -0.05) is 6.07 Å². The lowest BCUT2D eigenvalue weighted by Gasteiger charge is -2.25. The third-order valence-corrected chi connectivity index (χ3v) is 5.87. The molecule has 1 fully saturated rings. The minimum Gasteiger partial charge on any atom is -0.503 e. The molecule has 8 nitrogen and oxygen atoms in total. The molecule has 0 bridgehead atoms. The number of ketones is 1. The molecule has 32 heavy (non-hydrogen) atoms. The lowest BCUT2D eigenvalue weighted by molar-refractivity contribution is -0.514. The summed E-state index contributed by atoms with van der Waals surface area (Å²) in [4.78, 5) is 37.3. The van der Waals surface area contributed by atoms with E-state index < -0.39 is 17.7 Å². The van der Waals surface area contributed by atoms with E-state index in [0.717, 1.165) is 17.8 Å². The summed E-state index contributed by atoms with van der Waals surface area (Å²) in [5, 5.41) is 11.4. The van der Waals surface area contributed by atoms with Crippen molar-refractivity contribution in [2.45, 2.75) is 26.3 Å². The Kier molecular flexibility index (Phi) is 5.80. The van der Waals surface area contributed by atoms with E-state index >= 15 is 0 Å². The highest BCUT2D eigenvalue weighted by Gasteiger charge is 2.47. The van der Waals surface area contributed by atoms with E-state index in [2.05, 4.69) is 9.97 Å². The van der Waals surface area contributed by atoms with Crippen molar-refractivity contribution < 1.29 is 19.1 Å². The number of rotatable bonds is 6. The summed E-state index contributed by atoms with van der Waals surface area (Å²) in [7, 11) is 3.93. The van der Waals surface area contributed by atoms with Crippen LogP contribution >= 0.6 is 0 Å². The Morgan fingerprint density at radius 2 is 2.03 bits per heavy atom. The van der Waals surface area contributed by atoms with Crippen molar-refractivity contribution in [2.75, 3.05) is 27.2 Å². The van der Waals surface area contributed by atoms with Gasteiger partial charge in [-0.3, -0.25) is 14.6 Å². The van der Waals surface area contributed by atoms with Crippen LogP contribution in [0, 0.1) is 13.8 Å². The Hall–Kier alpha value is -3.52. The zero-order valence-electron chi connectivity index (χ0n) is 18.8. The number of pyridine rings is 2. The van der Waals surface area contributed by atoms with Gasteiger partial charge < -0.3 is 14.9 Å². The summed E-state index contributed by atoms with van der Waals surface area (Å²) in [6.45, 7) is 4.99. The highest BCUT2D eigenvalue weighted by atomic mass is 16.3. The summed E-state index contributed by atoms with van der Waals surface area (Å²) in [6, 6.07) is 6.75. The van der Waals surface area contributed by atoms with Gasteiger partial charge in [0, 0.05) is 31.4 Å². The molecule has 4 rings (SSSR count). The molecule has 4 heterocycles. The van der Waals surface area contributed by atoms with Crippen LogP contribution in [0.1, 0.15) is 35.0 Å². The quantitative estimate of drug-likeness (QED) is 0.268. The maximum atomic E-state index is 13.2. The molecule has 8 heteroatoms. The molecule has 3 aromatic rings. The highest BCUT2D eigenvalue weighted by molar-refractivity contribution is 6.46. The van der Waals surface area contributed by atoms with E-state index in [0.29, 0.717) is 29.9 Å². The number of aliphatic hydroxyl groups is 1. The molecule has 1 aliphatic rings. The molecule has 1 unspecified atom stereocenters. The van der Waals surface area contributed by atoms with Gasteiger partial charge in [-0.15, -0.1) is 0 Å². The van der Waals surface area contributed by atoms with Gasteiger partial charge in [-0.25, -0.2) is 4.98 Å². The second-order valence-corrected chi connectivity index (χ2v) is 8.44. The van der Waals surface area contributed by atoms with Crippen molar-refractivity contribution in [3.8, 4) is 0 Å². The zero-order valence-corrected chi connectivity index (χ0v) is 18.8. The van der Waals surface area contributed by atoms with Gasteiger partial charge in [0.15, 0.2) is 5.76 Å². The van der Waals surface area contributed by atoms with Crippen molar-refractivity contribution in [1.82, 2.24) is 19.8 Å². The molecule has 0 aliphatic carbocycles. The first kappa shape index (κ1) is 21.7. The first-order valence-corrected chi connectivity index (χ1v) is 10.6. The highest BCUT2D eigenvalue weighted by Crippen LogP contribution is 2.39. The van der Waals surface area contributed by atoms with E-state index in [1.54, 1.807) is 23.4 Å². The van der Waals surface area contributed by atoms with Gasteiger partial charge in [-0.05, 0) is 57.7 Å². The molecule has 0 saturated carbocycles. The molecule has 0 aromatic carbocycles. The second-order valence-electron chi connectivity index (χ2n) is 8.44. The Bertz CT molecular complexity index is 1210. The zero-order chi connectivity index (χ0) is 23.0. The number of H-pyrrole nitrogens is 1. The maximum absolute atomic E-state index is 13.2. The smallest absolute Gasteiger partial charge is 0.295 e. The number of likely N-dealkylation sites (tertiary alicyclic amines) is 1. The van der Waals surface area contributed by atoms with Crippen LogP contribution in [-0.4, -0.2) is 63.7 Å². The number of carbonyl (C=O) groups excluding carboxylic acids is 2. The summed E-state index contributed by atoms with van der Waals surface area (Å²) in [5.74, 6) is -1.47. The number of fused-ring (bicyclic) bond motifs is 1. The predicted octanol–water partition coefficient (Wildman–Crippen LogP) is 2.14. The van der Waals surface area contributed by atoms with Gasteiger partial charge in [0.1, 0.15) is 5.69 Å². The molecule has 3 aromatic heterocycles. The molecule has 0 spiro atoms. The molecule has 1 amide bonds. The topological polar surface area (TPSA) is 93.6 Å². The number of aryl methyl sites for hydroxylation is 2. The third kappa shape index (κ3) is 3.67. The average Bonchev–Trinajstić information content (AvgIpc) is 3.23. The van der Waals surface area contributed by atoms with Crippen LogP contribution in [-0.2, 0) is 9.59 Å². The van der Waals surface area contributed by atoms with Crippen LogP contribution in [0.5, 0.6) is 0 Å². The first-order valence-electron chi connectivity index (χ1n) is 10.6. The van der Waals surface area contributed by atoms with E-state index in [1.165, 1.54) is 0 Å². The number of hydrogen-bond donors (Lipinski definition) is 2. The average molecular weight is 435 g/mol. The van der Waals surface area contributed by atoms with Crippen LogP contribution in [0.4, 0.5) is 0 Å². The maximum Gasteiger partial charge on any atom is 0.295 e. The lowest BCUT2D eigenvalue weighted by atomic mass is 9.97. The van der Waals surface area contributed by atoms with Crippen LogP contribution in [0.25, 0.3) is 11.4 Å². The van der Waals surface area contributed by atoms with Gasteiger partial charge >= 0.3 is 0 Å². The number of aromatic nitrogens is 3. The van der Waals surface area contributed by atoms with Crippen LogP contribution < -0.4 is 4.40 Å². The first-order chi connectivity index (χ1) is 15.3. The Balaban J connectivity index is 1.88. The Morgan fingerprint density at radius 3 is 2.72 bits per heavy atom. The van der Waals surface area contributed by atoms with E-state index in [9.17, 15) is 14.7 Å². The van der Waals surface area contributed by atoms with Crippen molar-refractivity contribution in [3.05, 3.63) is 70.9 Å². The molecule has 1 aliphatic heterocycles. The number of aliphatic hydroxyl groups excluding tert-OH is 1. The van der Waals surface area contributed by atoms with Crippen LogP contribution in [0.2, 0.25) is 0 Å². The Labute approximate surface area is 186 Å². The number of nitrogens with zero attached hydrogens (tertiary/aromatic N) is 4. The van der Waals surface area contributed by atoms with Gasteiger partial charge in [0.2, 0.25) is 5.69 Å². The SMILES string of the molecule is Cc1[nH]c2c(C)ccc[n+]2c1C(O)=C1C(=O)C(=O)N(CCCN(C)C)C1c1cccnc1. The summed E-state index contributed by atoms with van der Waals surface area (Å²) >= 11 is 0. The third-order valence-electron chi connectivity index (χ3n) is 5.87. The summed E-state index contributed by atoms with van der Waals surface area (Å²) in [6.07, 6.45) is 5.82. The predicted molar refractivity (Wildman–Crippen MR) is 120 cm³/mol. The van der Waals surface area contributed by atoms with Crippen LogP contribution in [0.3, 0.4) is 0 Å². The second kappa shape index (κ2) is 8.55. The fourth-order valence-electron chi connectivity index (χ4n) is 4.35. The van der Waals surface area contributed by atoms with E-state index in [4.69, 9.17) is 0 Å². The fourth-order valence-corrected chi connectivity index (χ4v) is 4.35. The molecule has 166 valence electrons. The van der Waals surface area contributed by atoms with Crippen LogP contribution in [0.15, 0.2) is 48.4 Å². The normalized spacial score (nSPS) is 18.3. The largest absolute Gasteiger partial charge is 0.503 e.